The summed E-state index contributed by atoms with van der Waals surface area (Å²) in [6, 6.07) is 6.48. The largest absolute Gasteiger partial charge is 1.00 e. The maximum atomic E-state index is 3.46. The summed E-state index contributed by atoms with van der Waals surface area (Å²) >= 11 is 1.80. The molecular weight excluding hydrogens is 302 g/mol. The quantitative estimate of drug-likeness (QED) is 0.790. The van der Waals surface area contributed by atoms with E-state index in [0.29, 0.717) is 0 Å². The van der Waals surface area contributed by atoms with Crippen LogP contribution in [0, 0.1) is 6.08 Å². The average molecular weight is 320 g/mol. The van der Waals surface area contributed by atoms with Crippen molar-refractivity contribution in [1.82, 2.24) is 4.90 Å². The average Bonchev–Trinajstić information content (AvgIpc) is 2.43. The fraction of sp³-hybridized carbons (Fsp3) is 0.250. The van der Waals surface area contributed by atoms with Crippen molar-refractivity contribution >= 4 is 23.1 Å². The first-order chi connectivity index (χ1) is 9.54. The molecule has 2 aliphatic rings. The van der Waals surface area contributed by atoms with E-state index in [1.807, 2.05) is 6.08 Å². The summed E-state index contributed by atoms with van der Waals surface area (Å²) < 4.78 is 0. The van der Waals surface area contributed by atoms with Gasteiger partial charge < -0.3 is 27.5 Å². The maximum absolute atomic E-state index is 3.46. The fourth-order valence-corrected chi connectivity index (χ4v) is 3.17. The van der Waals surface area contributed by atoms with Crippen molar-refractivity contribution in [1.29, 1.82) is 0 Å². The van der Waals surface area contributed by atoms with Crippen LogP contribution in [-0.4, -0.2) is 33.1 Å². The van der Waals surface area contributed by atoms with Gasteiger partial charge in [-0.25, -0.2) is 0 Å². The lowest BCUT2D eigenvalue weighted by Gasteiger charge is -2.21. The summed E-state index contributed by atoms with van der Waals surface area (Å²) in [7, 11) is 8.23. The van der Waals surface area contributed by atoms with Crippen LogP contribution >= 0.6 is 11.8 Å². The molecule has 0 radical (unpaired) electrons. The summed E-state index contributed by atoms with van der Waals surface area (Å²) in [6.45, 7) is 0. The number of rotatable bonds is 2. The molecule has 0 unspecified atom stereocenters. The molecule has 1 aromatic rings. The van der Waals surface area contributed by atoms with E-state index in [-0.39, 0.29) is 12.4 Å². The second-order valence-electron chi connectivity index (χ2n) is 5.29. The normalized spacial score (nSPS) is 15.0. The van der Waals surface area contributed by atoms with Gasteiger partial charge in [0.05, 0.1) is 22.7 Å². The van der Waals surface area contributed by atoms with Gasteiger partial charge in [-0.3, -0.25) is 0 Å². The zero-order valence-corrected chi connectivity index (χ0v) is 14.1. The lowest BCUT2D eigenvalue weighted by Crippen LogP contribution is -3.00. The van der Waals surface area contributed by atoms with Crippen LogP contribution in [0.2, 0.25) is 0 Å². The van der Waals surface area contributed by atoms with Crippen molar-refractivity contribution < 1.29 is 12.4 Å². The molecule has 110 valence electrons. The standard InChI is InChI=1S/C16H18N3S.ClH/c1-18(2)11-5-7-13-15(9-11)20-16-10-12(19(3)4)6-8-14(16)17-13;/h5-7,9-10,17H,1-4H3;1H/q+1;/p-1. The second-order valence-corrected chi connectivity index (χ2v) is 6.38. The SMILES string of the molecule is CN(C)C1=C[C+]=C2Nc3ccc(N(C)C)cc3SC2=C1.[Cl-]. The van der Waals surface area contributed by atoms with Gasteiger partial charge in [-0.15, -0.1) is 0 Å². The molecule has 5 heteroatoms. The van der Waals surface area contributed by atoms with E-state index in [1.54, 1.807) is 11.8 Å². The number of anilines is 2. The first-order valence-electron chi connectivity index (χ1n) is 6.54. The Morgan fingerprint density at radius 1 is 1.10 bits per heavy atom. The van der Waals surface area contributed by atoms with Gasteiger partial charge in [-0.1, -0.05) is 0 Å². The van der Waals surface area contributed by atoms with Crippen molar-refractivity contribution in [2.24, 2.45) is 0 Å². The van der Waals surface area contributed by atoms with Crippen molar-refractivity contribution in [2.75, 3.05) is 38.4 Å². The Hall–Kier alpha value is -1.61. The number of nitrogens with one attached hydrogen (secondary N) is 1. The lowest BCUT2D eigenvalue weighted by molar-refractivity contribution is -0.00000403. The molecule has 0 atom stereocenters. The highest BCUT2D eigenvalue weighted by Crippen LogP contribution is 2.44. The van der Waals surface area contributed by atoms with E-state index < -0.39 is 0 Å². The number of benzene rings is 1. The van der Waals surface area contributed by atoms with Crippen LogP contribution in [0.1, 0.15) is 0 Å². The van der Waals surface area contributed by atoms with Crippen LogP contribution in [-0.2, 0) is 0 Å². The van der Waals surface area contributed by atoms with E-state index in [4.69, 9.17) is 0 Å². The molecule has 1 aliphatic carbocycles. The van der Waals surface area contributed by atoms with Gasteiger partial charge >= 0.3 is 0 Å². The highest BCUT2D eigenvalue weighted by atomic mass is 35.5. The molecule has 0 spiro atoms. The minimum Gasteiger partial charge on any atom is -1.00 e. The van der Waals surface area contributed by atoms with Gasteiger partial charge in [0.2, 0.25) is 5.70 Å². The van der Waals surface area contributed by atoms with Crippen molar-refractivity contribution in [3.63, 3.8) is 0 Å². The predicted molar refractivity (Wildman–Crippen MR) is 86.9 cm³/mol. The molecule has 3 nitrogen and oxygen atoms in total. The number of hydrogen-bond donors (Lipinski definition) is 1. The molecule has 0 amide bonds. The summed E-state index contributed by atoms with van der Waals surface area (Å²) in [5.74, 6) is 0. The third-order valence-electron chi connectivity index (χ3n) is 3.37. The summed E-state index contributed by atoms with van der Waals surface area (Å²) in [6.07, 6.45) is 7.56. The molecule has 1 aromatic carbocycles. The highest BCUT2D eigenvalue weighted by molar-refractivity contribution is 8.03. The number of fused-ring (bicyclic) bond motifs is 2. The first kappa shape index (κ1) is 15.8. The van der Waals surface area contributed by atoms with E-state index in [2.05, 4.69) is 73.7 Å². The Morgan fingerprint density at radius 2 is 1.86 bits per heavy atom. The van der Waals surface area contributed by atoms with Crippen LogP contribution < -0.4 is 22.6 Å². The molecule has 1 aliphatic heterocycles. The van der Waals surface area contributed by atoms with Crippen LogP contribution in [0.25, 0.3) is 0 Å². The summed E-state index contributed by atoms with van der Waals surface area (Å²) in [5.41, 5.74) is 4.60. The Balaban J connectivity index is 0.00000161. The third-order valence-corrected chi connectivity index (χ3v) is 4.47. The molecular formula is C16H18ClN3S. The zero-order valence-electron chi connectivity index (χ0n) is 12.6. The van der Waals surface area contributed by atoms with Crippen LogP contribution in [0.3, 0.4) is 0 Å². The van der Waals surface area contributed by atoms with E-state index in [1.165, 1.54) is 21.2 Å². The monoisotopic (exact) mass is 319 g/mol. The minimum atomic E-state index is 0. The van der Waals surface area contributed by atoms with Crippen molar-refractivity contribution in [2.45, 2.75) is 4.90 Å². The van der Waals surface area contributed by atoms with Gasteiger partial charge in [-0.2, -0.15) is 0 Å². The molecule has 0 aromatic heterocycles. The minimum absolute atomic E-state index is 0. The Kier molecular flexibility index (Phi) is 4.52. The topological polar surface area (TPSA) is 18.5 Å². The number of nitrogens with zero attached hydrogens (tertiary/aromatic N) is 2. The molecule has 3 rings (SSSR count). The number of allylic oxidation sites excluding steroid dienone is 3. The Labute approximate surface area is 136 Å². The van der Waals surface area contributed by atoms with E-state index >= 15 is 0 Å². The molecule has 0 saturated carbocycles. The van der Waals surface area contributed by atoms with Gasteiger partial charge in [0.1, 0.15) is 11.8 Å². The summed E-state index contributed by atoms with van der Waals surface area (Å²) in [5, 5.41) is 3.46. The first-order valence-corrected chi connectivity index (χ1v) is 7.35. The molecule has 1 heterocycles. The smallest absolute Gasteiger partial charge is 0.222 e. The maximum Gasteiger partial charge on any atom is 0.222 e. The van der Waals surface area contributed by atoms with Gasteiger partial charge in [-0.05, 0) is 30.0 Å². The number of halogens is 1. The highest BCUT2D eigenvalue weighted by Gasteiger charge is 2.28. The molecule has 0 saturated heterocycles. The lowest BCUT2D eigenvalue weighted by atomic mass is 10.1. The molecule has 1 N–H and O–H groups in total. The third kappa shape index (κ3) is 3.03. The van der Waals surface area contributed by atoms with Crippen molar-refractivity contribution in [3.8, 4) is 0 Å². The van der Waals surface area contributed by atoms with Crippen LogP contribution in [0.15, 0.2) is 51.5 Å². The van der Waals surface area contributed by atoms with Gasteiger partial charge in [0.25, 0.3) is 0 Å². The van der Waals surface area contributed by atoms with Gasteiger partial charge in [0, 0.05) is 33.9 Å². The van der Waals surface area contributed by atoms with Crippen molar-refractivity contribution in [3.05, 3.63) is 52.7 Å². The van der Waals surface area contributed by atoms with Crippen LogP contribution in [0.4, 0.5) is 11.4 Å². The molecule has 0 bridgehead atoms. The Bertz CT molecular complexity index is 645. The summed E-state index contributed by atoms with van der Waals surface area (Å²) in [4.78, 5) is 6.70. The number of thioether (sulfide) groups is 1. The second kappa shape index (κ2) is 6.02. The van der Waals surface area contributed by atoms with E-state index in [9.17, 15) is 0 Å². The number of hydrogen-bond acceptors (Lipinski definition) is 4. The zero-order chi connectivity index (χ0) is 14.3. The molecule has 0 fully saturated rings. The van der Waals surface area contributed by atoms with Crippen LogP contribution in [0.5, 0.6) is 0 Å². The Morgan fingerprint density at radius 3 is 2.52 bits per heavy atom. The predicted octanol–water partition coefficient (Wildman–Crippen LogP) is 0.304. The van der Waals surface area contributed by atoms with E-state index in [0.717, 1.165) is 11.4 Å². The van der Waals surface area contributed by atoms with Gasteiger partial charge in [0.15, 0.2) is 4.91 Å². The fourth-order valence-electron chi connectivity index (χ4n) is 2.13. The molecule has 21 heavy (non-hydrogen) atoms. The number of likely N-dealkylation sites (N-methyl/N-ethyl adjacent to an activating group) is 1.